The van der Waals surface area contributed by atoms with Crippen LogP contribution in [0.4, 0.5) is 9.18 Å². The molecule has 0 atom stereocenters. The lowest BCUT2D eigenvalue weighted by Gasteiger charge is -2.34. The van der Waals surface area contributed by atoms with Gasteiger partial charge in [-0.25, -0.2) is 22.3 Å². The second kappa shape index (κ2) is 8.43. The van der Waals surface area contributed by atoms with E-state index in [0.29, 0.717) is 25.9 Å². The first-order valence-electron chi connectivity index (χ1n) is 8.92. The summed E-state index contributed by atoms with van der Waals surface area (Å²) in [5.41, 5.74) is -0.298. The summed E-state index contributed by atoms with van der Waals surface area (Å²) in [5.74, 6) is -0.440. The molecule has 1 heterocycles. The van der Waals surface area contributed by atoms with Crippen molar-refractivity contribution in [1.29, 1.82) is 0 Å². The topological polar surface area (TPSA) is 87.7 Å². The number of nitrogens with one attached hydrogen (secondary N) is 2. The Labute approximate surface area is 160 Å². The molecule has 1 aliphatic heterocycles. The van der Waals surface area contributed by atoms with Crippen LogP contribution in [-0.2, 0) is 10.0 Å². The maximum Gasteiger partial charge on any atom is 0.317 e. The zero-order valence-electron chi connectivity index (χ0n) is 16.2. The zero-order valence-corrected chi connectivity index (χ0v) is 17.0. The van der Waals surface area contributed by atoms with Crippen molar-refractivity contribution in [1.82, 2.24) is 14.9 Å². The standard InChI is InChI=1S/C18H28FN3O4S/c1-18(2,3)21-17(23)22-9-7-13(8-10-22)12-20-27(24,25)16-11-14(19)5-6-15(16)26-4/h5-6,11,13,20H,7-10,12H2,1-4H3,(H,21,23). The van der Waals surface area contributed by atoms with Crippen LogP contribution in [-0.4, -0.2) is 51.6 Å². The van der Waals surface area contributed by atoms with Gasteiger partial charge in [0.05, 0.1) is 7.11 Å². The van der Waals surface area contributed by atoms with Crippen LogP contribution in [0.15, 0.2) is 23.1 Å². The number of amides is 2. The summed E-state index contributed by atoms with van der Waals surface area (Å²) in [6.45, 7) is 7.14. The fourth-order valence-corrected chi connectivity index (χ4v) is 4.20. The monoisotopic (exact) mass is 401 g/mol. The summed E-state index contributed by atoms with van der Waals surface area (Å²) in [5, 5.41) is 2.93. The number of halogens is 1. The van der Waals surface area contributed by atoms with Gasteiger partial charge in [-0.1, -0.05) is 0 Å². The van der Waals surface area contributed by atoms with Gasteiger partial charge in [-0.3, -0.25) is 0 Å². The Bertz CT molecular complexity index is 769. The number of rotatable bonds is 5. The van der Waals surface area contributed by atoms with Gasteiger partial charge in [0, 0.05) is 25.2 Å². The molecule has 2 N–H and O–H groups in total. The average Bonchev–Trinajstić information content (AvgIpc) is 2.59. The maximum atomic E-state index is 13.5. The molecule has 0 unspecified atom stereocenters. The molecule has 27 heavy (non-hydrogen) atoms. The molecule has 2 rings (SSSR count). The molecular weight excluding hydrogens is 373 g/mol. The van der Waals surface area contributed by atoms with E-state index in [1.165, 1.54) is 13.2 Å². The zero-order chi connectivity index (χ0) is 20.2. The van der Waals surface area contributed by atoms with E-state index in [9.17, 15) is 17.6 Å². The Balaban J connectivity index is 1.91. The fourth-order valence-electron chi connectivity index (χ4n) is 2.91. The molecule has 9 heteroatoms. The molecule has 1 saturated heterocycles. The Morgan fingerprint density at radius 1 is 1.30 bits per heavy atom. The van der Waals surface area contributed by atoms with Crippen molar-refractivity contribution in [3.05, 3.63) is 24.0 Å². The number of sulfonamides is 1. The van der Waals surface area contributed by atoms with Crippen molar-refractivity contribution in [3.63, 3.8) is 0 Å². The molecule has 2 amide bonds. The Morgan fingerprint density at radius 2 is 1.93 bits per heavy atom. The average molecular weight is 402 g/mol. The van der Waals surface area contributed by atoms with Crippen LogP contribution >= 0.6 is 0 Å². The minimum absolute atomic E-state index is 0.0950. The number of carbonyl (C=O) groups excluding carboxylic acids is 1. The number of carbonyl (C=O) groups is 1. The van der Waals surface area contributed by atoms with E-state index in [2.05, 4.69) is 10.0 Å². The van der Waals surface area contributed by atoms with Crippen molar-refractivity contribution >= 4 is 16.1 Å². The van der Waals surface area contributed by atoms with Crippen molar-refractivity contribution < 1.29 is 22.3 Å². The van der Waals surface area contributed by atoms with Crippen molar-refractivity contribution in [3.8, 4) is 5.75 Å². The second-order valence-corrected chi connectivity index (χ2v) is 9.49. The van der Waals surface area contributed by atoms with Gasteiger partial charge in [0.2, 0.25) is 10.0 Å². The number of likely N-dealkylation sites (tertiary alicyclic amines) is 1. The van der Waals surface area contributed by atoms with Gasteiger partial charge in [0.25, 0.3) is 0 Å². The number of urea groups is 1. The summed E-state index contributed by atoms with van der Waals surface area (Å²) in [6, 6.07) is 3.28. The number of hydrogen-bond acceptors (Lipinski definition) is 4. The largest absolute Gasteiger partial charge is 0.495 e. The van der Waals surface area contributed by atoms with Gasteiger partial charge in [-0.2, -0.15) is 0 Å². The Kier molecular flexibility index (Phi) is 6.69. The fraction of sp³-hybridized carbons (Fsp3) is 0.611. The van der Waals surface area contributed by atoms with Crippen molar-refractivity contribution in [2.75, 3.05) is 26.7 Å². The number of nitrogens with zero attached hydrogens (tertiary/aromatic N) is 1. The van der Waals surface area contributed by atoms with Crippen LogP contribution in [0.5, 0.6) is 5.75 Å². The Morgan fingerprint density at radius 3 is 2.48 bits per heavy atom. The first-order valence-corrected chi connectivity index (χ1v) is 10.4. The first kappa shape index (κ1) is 21.4. The summed E-state index contributed by atoms with van der Waals surface area (Å²) >= 11 is 0. The van der Waals surface area contributed by atoms with Gasteiger partial charge < -0.3 is 15.0 Å². The van der Waals surface area contributed by atoms with E-state index in [1.807, 2.05) is 20.8 Å². The van der Waals surface area contributed by atoms with E-state index in [4.69, 9.17) is 4.74 Å². The quantitative estimate of drug-likeness (QED) is 0.793. The number of ether oxygens (including phenoxy) is 1. The van der Waals surface area contributed by atoms with Gasteiger partial charge in [0.1, 0.15) is 16.5 Å². The molecule has 1 aromatic carbocycles. The van der Waals surface area contributed by atoms with Gasteiger partial charge in [-0.05, 0) is 57.7 Å². The smallest absolute Gasteiger partial charge is 0.317 e. The third kappa shape index (κ3) is 6.07. The minimum atomic E-state index is -3.89. The van der Waals surface area contributed by atoms with Crippen LogP contribution in [0.3, 0.4) is 0 Å². The maximum absolute atomic E-state index is 13.5. The van der Waals surface area contributed by atoms with E-state index in [-0.39, 0.29) is 34.7 Å². The van der Waals surface area contributed by atoms with E-state index < -0.39 is 15.8 Å². The molecule has 0 bridgehead atoms. The second-order valence-electron chi connectivity index (χ2n) is 7.76. The third-order valence-electron chi connectivity index (χ3n) is 4.36. The molecule has 0 aromatic heterocycles. The summed E-state index contributed by atoms with van der Waals surface area (Å²) in [6.07, 6.45) is 1.39. The summed E-state index contributed by atoms with van der Waals surface area (Å²) in [4.78, 5) is 13.7. The van der Waals surface area contributed by atoms with E-state index >= 15 is 0 Å². The van der Waals surface area contributed by atoms with Gasteiger partial charge >= 0.3 is 6.03 Å². The molecule has 1 aliphatic rings. The number of methoxy groups -OCH3 is 1. The number of benzene rings is 1. The first-order chi connectivity index (χ1) is 12.5. The molecule has 0 radical (unpaired) electrons. The normalized spacial score (nSPS) is 16.3. The van der Waals surface area contributed by atoms with Crippen molar-refractivity contribution in [2.24, 2.45) is 5.92 Å². The highest BCUT2D eigenvalue weighted by molar-refractivity contribution is 7.89. The lowest BCUT2D eigenvalue weighted by molar-refractivity contribution is 0.163. The Hall–Kier alpha value is -1.87. The molecule has 0 spiro atoms. The van der Waals surface area contributed by atoms with E-state index in [0.717, 1.165) is 12.1 Å². The van der Waals surface area contributed by atoms with Crippen LogP contribution in [0, 0.1) is 11.7 Å². The highest BCUT2D eigenvalue weighted by Gasteiger charge is 2.27. The van der Waals surface area contributed by atoms with Crippen LogP contribution < -0.4 is 14.8 Å². The molecule has 7 nitrogen and oxygen atoms in total. The van der Waals surface area contributed by atoms with Crippen molar-refractivity contribution in [2.45, 2.75) is 44.0 Å². The SMILES string of the molecule is COc1ccc(F)cc1S(=O)(=O)NCC1CCN(C(=O)NC(C)(C)C)CC1. The molecule has 0 aliphatic carbocycles. The summed E-state index contributed by atoms with van der Waals surface area (Å²) < 4.78 is 46.0. The van der Waals surface area contributed by atoms with Crippen LogP contribution in [0.1, 0.15) is 33.6 Å². The number of piperidine rings is 1. The molecule has 1 fully saturated rings. The highest BCUT2D eigenvalue weighted by atomic mass is 32.2. The summed E-state index contributed by atoms with van der Waals surface area (Å²) in [7, 11) is -2.55. The van der Waals surface area contributed by atoms with Crippen LogP contribution in [0.25, 0.3) is 0 Å². The molecule has 0 saturated carbocycles. The lowest BCUT2D eigenvalue weighted by atomic mass is 9.97. The number of hydrogen-bond donors (Lipinski definition) is 2. The highest BCUT2D eigenvalue weighted by Crippen LogP contribution is 2.25. The molecule has 1 aromatic rings. The predicted molar refractivity (Wildman–Crippen MR) is 101 cm³/mol. The third-order valence-corrected chi connectivity index (χ3v) is 5.81. The molecule has 152 valence electrons. The van der Waals surface area contributed by atoms with Gasteiger partial charge in [0.15, 0.2) is 0 Å². The van der Waals surface area contributed by atoms with Crippen LogP contribution in [0.2, 0.25) is 0 Å². The van der Waals surface area contributed by atoms with E-state index in [1.54, 1.807) is 4.90 Å². The predicted octanol–water partition coefficient (Wildman–Crippen LogP) is 2.33. The lowest BCUT2D eigenvalue weighted by Crippen LogP contribution is -2.51. The molecular formula is C18H28FN3O4S. The minimum Gasteiger partial charge on any atom is -0.495 e. The van der Waals surface area contributed by atoms with Gasteiger partial charge in [-0.15, -0.1) is 0 Å².